The molecule has 0 aliphatic heterocycles. The Morgan fingerprint density at radius 1 is 1.33 bits per heavy atom. The zero-order chi connectivity index (χ0) is 15.2. The fourth-order valence-corrected chi connectivity index (χ4v) is 2.09. The van der Waals surface area contributed by atoms with Crippen molar-refractivity contribution in [3.8, 4) is 17.2 Å². The summed E-state index contributed by atoms with van der Waals surface area (Å²) < 4.78 is 16.1. The van der Waals surface area contributed by atoms with Crippen molar-refractivity contribution in [3.63, 3.8) is 0 Å². The van der Waals surface area contributed by atoms with E-state index in [0.29, 0.717) is 35.3 Å². The van der Waals surface area contributed by atoms with E-state index in [0.717, 1.165) is 12.8 Å². The smallest absolute Gasteiger partial charge is 0.260 e. The van der Waals surface area contributed by atoms with Crippen LogP contribution < -0.4 is 10.5 Å². The number of methoxy groups -OCH3 is 1. The highest BCUT2D eigenvalue weighted by atomic mass is 16.5. The number of ether oxygens (including phenoxy) is 2. The maximum absolute atomic E-state index is 5.99. The molecule has 0 spiro atoms. The molecule has 1 aromatic carbocycles. The lowest BCUT2D eigenvalue weighted by Gasteiger charge is -2.11. The molecule has 114 valence electrons. The van der Waals surface area contributed by atoms with Gasteiger partial charge in [-0.15, -0.1) is 0 Å². The number of nitrogens with zero attached hydrogens (tertiary/aromatic N) is 2. The second-order valence-corrected chi connectivity index (χ2v) is 4.64. The van der Waals surface area contributed by atoms with E-state index in [4.69, 9.17) is 19.7 Å². The van der Waals surface area contributed by atoms with Crippen molar-refractivity contribution >= 4 is 5.69 Å². The van der Waals surface area contributed by atoms with Gasteiger partial charge in [-0.25, -0.2) is 0 Å². The van der Waals surface area contributed by atoms with Gasteiger partial charge in [0, 0.05) is 18.4 Å². The highest BCUT2D eigenvalue weighted by molar-refractivity contribution is 5.71. The van der Waals surface area contributed by atoms with Crippen LogP contribution in [-0.2, 0) is 4.74 Å². The van der Waals surface area contributed by atoms with Crippen molar-refractivity contribution < 1.29 is 14.0 Å². The van der Waals surface area contributed by atoms with Gasteiger partial charge in [-0.05, 0) is 25.5 Å². The highest BCUT2D eigenvalue weighted by Crippen LogP contribution is 2.30. The van der Waals surface area contributed by atoms with Gasteiger partial charge in [0.15, 0.2) is 0 Å². The van der Waals surface area contributed by atoms with Crippen molar-refractivity contribution in [1.82, 2.24) is 10.1 Å². The van der Waals surface area contributed by atoms with Crippen LogP contribution in [0.5, 0.6) is 5.75 Å². The van der Waals surface area contributed by atoms with Gasteiger partial charge in [-0.3, -0.25) is 0 Å². The molecule has 0 fully saturated rings. The van der Waals surface area contributed by atoms with Crippen molar-refractivity contribution in [3.05, 3.63) is 24.0 Å². The van der Waals surface area contributed by atoms with E-state index in [1.54, 1.807) is 19.2 Å². The third-order valence-electron chi connectivity index (χ3n) is 3.14. The summed E-state index contributed by atoms with van der Waals surface area (Å²) in [4.78, 5) is 4.41. The van der Waals surface area contributed by atoms with Crippen LogP contribution in [0.15, 0.2) is 22.7 Å². The predicted molar refractivity (Wildman–Crippen MR) is 80.0 cm³/mol. The minimum atomic E-state index is -0.142. The normalized spacial score (nSPS) is 12.3. The lowest BCUT2D eigenvalue weighted by Crippen LogP contribution is -2.06. The van der Waals surface area contributed by atoms with Crippen molar-refractivity contribution in [2.45, 2.75) is 32.8 Å². The molecule has 0 aliphatic carbocycles. The molecule has 2 aromatic rings. The summed E-state index contributed by atoms with van der Waals surface area (Å²) in [5.41, 5.74) is 7.22. The molecule has 0 saturated carbocycles. The maximum Gasteiger partial charge on any atom is 0.260 e. The van der Waals surface area contributed by atoms with Gasteiger partial charge < -0.3 is 19.7 Å². The molecule has 21 heavy (non-hydrogen) atoms. The molecule has 6 nitrogen and oxygen atoms in total. The monoisotopic (exact) mass is 291 g/mol. The van der Waals surface area contributed by atoms with Gasteiger partial charge in [-0.2, -0.15) is 4.98 Å². The Labute approximate surface area is 124 Å². The molecule has 0 radical (unpaired) electrons. The lowest BCUT2D eigenvalue weighted by atomic mass is 10.1. The summed E-state index contributed by atoms with van der Waals surface area (Å²) >= 11 is 0. The minimum absolute atomic E-state index is 0.142. The molecular weight excluding hydrogens is 270 g/mol. The van der Waals surface area contributed by atoms with Crippen LogP contribution >= 0.6 is 0 Å². The molecule has 2 N–H and O–H groups in total. The van der Waals surface area contributed by atoms with Crippen LogP contribution in [0.25, 0.3) is 11.5 Å². The highest BCUT2D eigenvalue weighted by Gasteiger charge is 2.19. The van der Waals surface area contributed by atoms with Crippen LogP contribution in [0, 0.1) is 0 Å². The summed E-state index contributed by atoms with van der Waals surface area (Å²) in [6, 6.07) is 5.34. The lowest BCUT2D eigenvalue weighted by molar-refractivity contribution is 0.0478. The molecule has 6 heteroatoms. The fraction of sp³-hybridized carbons (Fsp3) is 0.467. The van der Waals surface area contributed by atoms with Crippen LogP contribution in [0.3, 0.4) is 0 Å². The molecule has 1 heterocycles. The third kappa shape index (κ3) is 3.52. The molecule has 0 aliphatic rings. The van der Waals surface area contributed by atoms with Gasteiger partial charge in [0.1, 0.15) is 11.9 Å². The number of aromatic nitrogens is 2. The predicted octanol–water partition coefficient (Wildman–Crippen LogP) is 3.21. The second kappa shape index (κ2) is 7.08. The number of rotatable bonds is 7. The SMILES string of the molecule is CCCC(OCC)c1noc(-c2ccc(OC)cc2N)n1. The number of benzene rings is 1. The standard InChI is InChI=1S/C15H21N3O3/c1-4-6-13(20-5-2)14-17-15(21-18-14)11-8-7-10(19-3)9-12(11)16/h7-9,13H,4-6,16H2,1-3H3. The van der Waals surface area contributed by atoms with Crippen LogP contribution in [0.4, 0.5) is 5.69 Å². The summed E-state index contributed by atoms with van der Waals surface area (Å²) in [7, 11) is 1.59. The van der Waals surface area contributed by atoms with E-state index in [2.05, 4.69) is 17.1 Å². The minimum Gasteiger partial charge on any atom is -0.497 e. The van der Waals surface area contributed by atoms with E-state index in [9.17, 15) is 0 Å². The van der Waals surface area contributed by atoms with Crippen molar-refractivity contribution in [2.24, 2.45) is 0 Å². The van der Waals surface area contributed by atoms with E-state index in [1.165, 1.54) is 0 Å². The summed E-state index contributed by atoms with van der Waals surface area (Å²) in [6.07, 6.45) is 1.70. The quantitative estimate of drug-likeness (QED) is 0.789. The Balaban J connectivity index is 2.26. The Hall–Kier alpha value is -2.08. The molecule has 1 aromatic heterocycles. The fourth-order valence-electron chi connectivity index (χ4n) is 2.09. The number of nitrogen functional groups attached to an aromatic ring is 1. The number of nitrogens with two attached hydrogens (primary N) is 1. The van der Waals surface area contributed by atoms with Gasteiger partial charge >= 0.3 is 0 Å². The van der Waals surface area contributed by atoms with Crippen molar-refractivity contribution in [1.29, 1.82) is 0 Å². The van der Waals surface area contributed by atoms with E-state index >= 15 is 0 Å². The maximum atomic E-state index is 5.99. The first-order chi connectivity index (χ1) is 10.2. The number of hydrogen-bond donors (Lipinski definition) is 1. The Morgan fingerprint density at radius 3 is 2.76 bits per heavy atom. The summed E-state index contributed by atoms with van der Waals surface area (Å²) in [5.74, 6) is 1.64. The zero-order valence-electron chi connectivity index (χ0n) is 12.6. The van der Waals surface area contributed by atoms with Crippen LogP contribution in [0.1, 0.15) is 38.6 Å². The molecule has 1 unspecified atom stereocenters. The largest absolute Gasteiger partial charge is 0.497 e. The third-order valence-corrected chi connectivity index (χ3v) is 3.14. The molecule has 0 amide bonds. The topological polar surface area (TPSA) is 83.4 Å². The van der Waals surface area contributed by atoms with Gasteiger partial charge in [0.25, 0.3) is 5.89 Å². The summed E-state index contributed by atoms with van der Waals surface area (Å²) in [5, 5.41) is 4.02. The molecule has 1 atom stereocenters. The van der Waals surface area contributed by atoms with E-state index < -0.39 is 0 Å². The average Bonchev–Trinajstić information content (AvgIpc) is 2.96. The molecule has 0 saturated heterocycles. The Morgan fingerprint density at radius 2 is 2.14 bits per heavy atom. The Kier molecular flexibility index (Phi) is 5.16. The van der Waals surface area contributed by atoms with Gasteiger partial charge in [0.05, 0.1) is 12.7 Å². The van der Waals surface area contributed by atoms with Crippen molar-refractivity contribution in [2.75, 3.05) is 19.5 Å². The molecule has 0 bridgehead atoms. The van der Waals surface area contributed by atoms with E-state index in [1.807, 2.05) is 13.0 Å². The van der Waals surface area contributed by atoms with E-state index in [-0.39, 0.29) is 6.10 Å². The number of anilines is 1. The molecular formula is C15H21N3O3. The second-order valence-electron chi connectivity index (χ2n) is 4.64. The first-order valence-electron chi connectivity index (χ1n) is 7.08. The average molecular weight is 291 g/mol. The number of hydrogen-bond acceptors (Lipinski definition) is 6. The van der Waals surface area contributed by atoms with Crippen LogP contribution in [0.2, 0.25) is 0 Å². The summed E-state index contributed by atoms with van der Waals surface area (Å²) in [6.45, 7) is 4.65. The Bertz CT molecular complexity index is 577. The van der Waals surface area contributed by atoms with Crippen LogP contribution in [-0.4, -0.2) is 23.9 Å². The first kappa shape index (κ1) is 15.3. The van der Waals surface area contributed by atoms with Gasteiger partial charge in [0.2, 0.25) is 5.82 Å². The molecule has 2 rings (SSSR count). The zero-order valence-corrected chi connectivity index (χ0v) is 12.6. The first-order valence-corrected chi connectivity index (χ1v) is 7.08. The van der Waals surface area contributed by atoms with Gasteiger partial charge in [-0.1, -0.05) is 18.5 Å².